The SMILES string of the molecule is CC(c1ncc[nH]1)N1C(=O)COc2nc(-c3ccc(C4(N)CCC4)cc3)c(-c3ccccc3)cc21. The highest BCUT2D eigenvalue weighted by Gasteiger charge is 2.35. The molecule has 7 nitrogen and oxygen atoms in total. The van der Waals surface area contributed by atoms with Crippen molar-refractivity contribution in [1.82, 2.24) is 15.0 Å². The van der Waals surface area contributed by atoms with Crippen LogP contribution in [0.4, 0.5) is 5.69 Å². The third-order valence-corrected chi connectivity index (χ3v) is 7.20. The topological polar surface area (TPSA) is 97.1 Å². The Labute approximate surface area is 204 Å². The van der Waals surface area contributed by atoms with Crippen LogP contribution in [0.1, 0.15) is 43.6 Å². The van der Waals surface area contributed by atoms with Gasteiger partial charge in [0.05, 0.1) is 11.7 Å². The monoisotopic (exact) mass is 465 g/mol. The summed E-state index contributed by atoms with van der Waals surface area (Å²) < 4.78 is 5.84. The minimum atomic E-state index is -0.293. The Hall–Kier alpha value is -3.97. The molecule has 0 spiro atoms. The van der Waals surface area contributed by atoms with E-state index >= 15 is 0 Å². The molecule has 0 bridgehead atoms. The number of benzene rings is 2. The summed E-state index contributed by atoms with van der Waals surface area (Å²) in [5.74, 6) is 1.02. The predicted molar refractivity (Wildman–Crippen MR) is 135 cm³/mol. The number of ether oxygens (including phenoxy) is 1. The van der Waals surface area contributed by atoms with Gasteiger partial charge in [-0.3, -0.25) is 9.69 Å². The smallest absolute Gasteiger partial charge is 0.265 e. The molecular formula is C28H27N5O2. The second-order valence-corrected chi connectivity index (χ2v) is 9.36. The maximum absolute atomic E-state index is 13.0. The summed E-state index contributed by atoms with van der Waals surface area (Å²) in [4.78, 5) is 27.1. The average molecular weight is 466 g/mol. The van der Waals surface area contributed by atoms with Gasteiger partial charge in [-0.15, -0.1) is 0 Å². The molecule has 3 N–H and O–H groups in total. The largest absolute Gasteiger partial charge is 0.466 e. The maximum atomic E-state index is 13.0. The lowest BCUT2D eigenvalue weighted by atomic mass is 9.72. The lowest BCUT2D eigenvalue weighted by Crippen LogP contribution is -2.43. The number of aromatic nitrogens is 3. The summed E-state index contributed by atoms with van der Waals surface area (Å²) >= 11 is 0. The molecule has 1 fully saturated rings. The lowest BCUT2D eigenvalue weighted by Gasteiger charge is -2.38. The zero-order valence-corrected chi connectivity index (χ0v) is 19.6. The molecule has 1 aliphatic heterocycles. The minimum Gasteiger partial charge on any atom is -0.466 e. The van der Waals surface area contributed by atoms with E-state index < -0.39 is 0 Å². The number of nitrogens with one attached hydrogen (secondary N) is 1. The van der Waals surface area contributed by atoms with Crippen molar-refractivity contribution in [2.75, 3.05) is 11.5 Å². The van der Waals surface area contributed by atoms with Gasteiger partial charge in [0.25, 0.3) is 5.91 Å². The molecule has 1 aliphatic carbocycles. The molecule has 1 amide bonds. The van der Waals surface area contributed by atoms with Gasteiger partial charge in [-0.25, -0.2) is 9.97 Å². The zero-order chi connectivity index (χ0) is 24.0. The number of hydrogen-bond acceptors (Lipinski definition) is 5. The highest BCUT2D eigenvalue weighted by molar-refractivity contribution is 5.99. The van der Waals surface area contributed by atoms with Crippen molar-refractivity contribution in [3.63, 3.8) is 0 Å². The van der Waals surface area contributed by atoms with E-state index in [1.807, 2.05) is 31.2 Å². The quantitative estimate of drug-likeness (QED) is 0.434. The number of amides is 1. The molecule has 1 unspecified atom stereocenters. The van der Waals surface area contributed by atoms with Crippen molar-refractivity contribution in [2.45, 2.75) is 37.8 Å². The van der Waals surface area contributed by atoms with Crippen LogP contribution < -0.4 is 15.4 Å². The Kier molecular flexibility index (Phi) is 5.15. The molecule has 1 saturated carbocycles. The van der Waals surface area contributed by atoms with E-state index in [1.165, 1.54) is 6.42 Å². The molecule has 0 saturated heterocycles. The number of carbonyl (C=O) groups is 1. The molecule has 4 aromatic rings. The van der Waals surface area contributed by atoms with E-state index in [0.29, 0.717) is 17.4 Å². The van der Waals surface area contributed by atoms with Crippen LogP contribution in [0, 0.1) is 0 Å². The van der Waals surface area contributed by atoms with E-state index in [1.54, 1.807) is 17.3 Å². The molecule has 2 aromatic carbocycles. The van der Waals surface area contributed by atoms with E-state index in [0.717, 1.165) is 40.8 Å². The number of nitrogens with two attached hydrogens (primary N) is 1. The number of nitrogens with zero attached hydrogens (tertiary/aromatic N) is 3. The number of carbonyl (C=O) groups excluding carboxylic acids is 1. The summed E-state index contributed by atoms with van der Waals surface area (Å²) in [5.41, 5.74) is 11.9. The maximum Gasteiger partial charge on any atom is 0.265 e. The standard InChI is InChI=1S/C28H27N5O2/c1-18(26-30-14-15-31-26)33-23-16-22(19-6-3-2-4-7-19)25(32-27(23)35-17-24(33)34)20-8-10-21(11-9-20)28(29)12-5-13-28/h2-4,6-11,14-16,18H,5,12-13,17,29H2,1H3,(H,30,31). The summed E-state index contributed by atoms with van der Waals surface area (Å²) in [5, 5.41) is 0. The van der Waals surface area contributed by atoms with Crippen LogP contribution >= 0.6 is 0 Å². The number of fused-ring (bicyclic) bond motifs is 1. The summed E-state index contributed by atoms with van der Waals surface area (Å²) in [7, 11) is 0. The van der Waals surface area contributed by atoms with E-state index in [-0.39, 0.29) is 24.1 Å². The number of H-pyrrole nitrogens is 1. The predicted octanol–water partition coefficient (Wildman–Crippen LogP) is 4.96. The molecule has 3 heterocycles. The minimum absolute atomic E-state index is 0.0657. The van der Waals surface area contributed by atoms with Gasteiger partial charge in [0, 0.05) is 29.1 Å². The van der Waals surface area contributed by atoms with Crippen molar-refractivity contribution in [3.8, 4) is 28.3 Å². The Morgan fingerprint density at radius 3 is 2.51 bits per heavy atom. The third-order valence-electron chi connectivity index (χ3n) is 7.20. The number of pyridine rings is 1. The molecule has 0 radical (unpaired) electrons. The normalized spacial score (nSPS) is 17.3. The number of anilines is 1. The van der Waals surface area contributed by atoms with Crippen LogP contribution in [-0.2, 0) is 10.3 Å². The third kappa shape index (κ3) is 3.68. The lowest BCUT2D eigenvalue weighted by molar-refractivity contribution is -0.121. The van der Waals surface area contributed by atoms with Gasteiger partial charge in [-0.1, -0.05) is 54.6 Å². The first-order valence-corrected chi connectivity index (χ1v) is 12.0. The van der Waals surface area contributed by atoms with Crippen LogP contribution in [0.25, 0.3) is 22.4 Å². The number of hydrogen-bond donors (Lipinski definition) is 2. The van der Waals surface area contributed by atoms with E-state index in [9.17, 15) is 4.79 Å². The molecule has 1 atom stereocenters. The summed E-state index contributed by atoms with van der Waals surface area (Å²) in [6.45, 7) is 1.88. The molecule has 2 aromatic heterocycles. The van der Waals surface area contributed by atoms with Crippen LogP contribution in [0.3, 0.4) is 0 Å². The first-order valence-electron chi connectivity index (χ1n) is 12.0. The second-order valence-electron chi connectivity index (χ2n) is 9.36. The Morgan fingerprint density at radius 2 is 1.86 bits per heavy atom. The van der Waals surface area contributed by atoms with Gasteiger partial charge in [-0.05, 0) is 43.4 Å². The van der Waals surface area contributed by atoms with Crippen molar-refractivity contribution in [2.24, 2.45) is 5.73 Å². The van der Waals surface area contributed by atoms with Crippen LogP contribution in [0.2, 0.25) is 0 Å². The van der Waals surface area contributed by atoms with Crippen molar-refractivity contribution < 1.29 is 9.53 Å². The van der Waals surface area contributed by atoms with Crippen molar-refractivity contribution in [3.05, 3.63) is 84.4 Å². The van der Waals surface area contributed by atoms with Crippen molar-refractivity contribution >= 4 is 11.6 Å². The van der Waals surface area contributed by atoms with Gasteiger partial charge >= 0.3 is 0 Å². The Morgan fingerprint density at radius 1 is 1.09 bits per heavy atom. The highest BCUT2D eigenvalue weighted by atomic mass is 16.5. The second kappa shape index (κ2) is 8.36. The average Bonchev–Trinajstić information content (AvgIpc) is 3.42. The van der Waals surface area contributed by atoms with Gasteiger partial charge in [0.2, 0.25) is 5.88 Å². The summed E-state index contributed by atoms with van der Waals surface area (Å²) in [6.07, 6.45) is 6.65. The van der Waals surface area contributed by atoms with Gasteiger partial charge in [0.15, 0.2) is 6.61 Å². The number of rotatable bonds is 5. The highest BCUT2D eigenvalue weighted by Crippen LogP contribution is 2.43. The molecule has 6 rings (SSSR count). The zero-order valence-electron chi connectivity index (χ0n) is 19.6. The molecule has 176 valence electrons. The fraction of sp³-hybridized carbons (Fsp3) is 0.250. The fourth-order valence-corrected chi connectivity index (χ4v) is 5.02. The fourth-order valence-electron chi connectivity index (χ4n) is 5.02. The number of imidazole rings is 1. The molecule has 2 aliphatic rings. The molecular weight excluding hydrogens is 438 g/mol. The van der Waals surface area contributed by atoms with Gasteiger partial charge in [-0.2, -0.15) is 0 Å². The van der Waals surface area contributed by atoms with E-state index in [4.69, 9.17) is 15.5 Å². The first-order chi connectivity index (χ1) is 17.0. The van der Waals surface area contributed by atoms with Crippen molar-refractivity contribution in [1.29, 1.82) is 0 Å². The van der Waals surface area contributed by atoms with Crippen LogP contribution in [-0.4, -0.2) is 27.5 Å². The van der Waals surface area contributed by atoms with Gasteiger partial charge in [0.1, 0.15) is 11.5 Å². The first kappa shape index (κ1) is 21.6. The molecule has 35 heavy (non-hydrogen) atoms. The van der Waals surface area contributed by atoms with Gasteiger partial charge < -0.3 is 15.5 Å². The van der Waals surface area contributed by atoms with Crippen LogP contribution in [0.5, 0.6) is 5.88 Å². The Bertz CT molecular complexity index is 1360. The Balaban J connectivity index is 1.48. The number of aromatic amines is 1. The van der Waals surface area contributed by atoms with Crippen LogP contribution in [0.15, 0.2) is 73.1 Å². The molecule has 7 heteroatoms. The van der Waals surface area contributed by atoms with E-state index in [2.05, 4.69) is 46.4 Å². The summed E-state index contributed by atoms with van der Waals surface area (Å²) in [6, 6.07) is 20.2.